The molecular formula is C21H14ClFN2O3S. The molecule has 0 atom stereocenters. The number of hydrogen-bond donors (Lipinski definition) is 1. The van der Waals surface area contributed by atoms with Crippen LogP contribution in [-0.4, -0.2) is 11.0 Å². The summed E-state index contributed by atoms with van der Waals surface area (Å²) in [5, 5.41) is 3.19. The summed E-state index contributed by atoms with van der Waals surface area (Å²) in [6.07, 6.45) is 1.58. The van der Waals surface area contributed by atoms with E-state index in [1.807, 2.05) is 18.2 Å². The van der Waals surface area contributed by atoms with Crippen molar-refractivity contribution in [2.24, 2.45) is 0 Å². The number of nitrogens with zero attached hydrogens (tertiary/aromatic N) is 1. The predicted molar refractivity (Wildman–Crippen MR) is 112 cm³/mol. The minimum atomic E-state index is -0.512. The molecular weight excluding hydrogens is 415 g/mol. The number of furan rings is 1. The first-order valence-corrected chi connectivity index (χ1v) is 9.38. The van der Waals surface area contributed by atoms with Gasteiger partial charge in [-0.15, -0.1) is 0 Å². The largest absolute Gasteiger partial charge is 0.486 e. The van der Waals surface area contributed by atoms with Crippen LogP contribution in [0.25, 0.3) is 6.08 Å². The first kappa shape index (κ1) is 19.2. The Bertz CT molecular complexity index is 1110. The summed E-state index contributed by atoms with van der Waals surface area (Å²) in [5.41, 5.74) is 0.996. The van der Waals surface area contributed by atoms with Gasteiger partial charge in [0, 0.05) is 12.1 Å². The Morgan fingerprint density at radius 2 is 1.97 bits per heavy atom. The van der Waals surface area contributed by atoms with E-state index in [-0.39, 0.29) is 17.5 Å². The van der Waals surface area contributed by atoms with E-state index >= 15 is 0 Å². The number of carbonyl (C=O) groups excluding carboxylic acids is 1. The monoisotopic (exact) mass is 428 g/mol. The van der Waals surface area contributed by atoms with Crippen molar-refractivity contribution in [3.8, 4) is 5.75 Å². The molecule has 0 saturated carbocycles. The third-order valence-corrected chi connectivity index (χ3v) is 4.71. The molecule has 0 bridgehead atoms. The molecule has 3 aromatic rings. The van der Waals surface area contributed by atoms with Crippen molar-refractivity contribution in [3.63, 3.8) is 0 Å². The second-order valence-corrected chi connectivity index (χ2v) is 6.93. The predicted octanol–water partition coefficient (Wildman–Crippen LogP) is 4.91. The molecule has 29 heavy (non-hydrogen) atoms. The third-order valence-electron chi connectivity index (χ3n) is 4.13. The van der Waals surface area contributed by atoms with E-state index in [0.29, 0.717) is 33.8 Å². The normalized spacial score (nSPS) is 15.1. The van der Waals surface area contributed by atoms with Crippen LogP contribution in [0.15, 0.2) is 70.8 Å². The van der Waals surface area contributed by atoms with Crippen LogP contribution in [0.2, 0.25) is 5.02 Å². The van der Waals surface area contributed by atoms with E-state index in [1.54, 1.807) is 30.3 Å². The van der Waals surface area contributed by atoms with Gasteiger partial charge in [0.1, 0.15) is 35.4 Å². The number of anilines is 1. The van der Waals surface area contributed by atoms with Gasteiger partial charge in [0.2, 0.25) is 0 Å². The molecule has 1 fully saturated rings. The van der Waals surface area contributed by atoms with Crippen LogP contribution in [-0.2, 0) is 11.4 Å². The molecule has 0 aliphatic carbocycles. The van der Waals surface area contributed by atoms with Crippen LogP contribution in [0.1, 0.15) is 11.5 Å². The van der Waals surface area contributed by atoms with E-state index in [0.717, 1.165) is 0 Å². The Balaban J connectivity index is 1.45. The van der Waals surface area contributed by atoms with Crippen LogP contribution in [0, 0.1) is 5.82 Å². The Kier molecular flexibility index (Phi) is 5.33. The molecule has 0 radical (unpaired) electrons. The Labute approximate surface area is 176 Å². The van der Waals surface area contributed by atoms with Crippen molar-refractivity contribution >= 4 is 46.6 Å². The number of para-hydroxylation sites is 1. The van der Waals surface area contributed by atoms with Crippen molar-refractivity contribution in [2.45, 2.75) is 6.61 Å². The van der Waals surface area contributed by atoms with E-state index in [4.69, 9.17) is 33.0 Å². The Morgan fingerprint density at radius 1 is 1.17 bits per heavy atom. The summed E-state index contributed by atoms with van der Waals surface area (Å²) in [7, 11) is 0. The summed E-state index contributed by atoms with van der Waals surface area (Å²) in [6, 6.07) is 16.7. The molecule has 1 aliphatic rings. The summed E-state index contributed by atoms with van der Waals surface area (Å²) in [6.45, 7) is 0.126. The van der Waals surface area contributed by atoms with Gasteiger partial charge in [0.25, 0.3) is 5.91 Å². The highest BCUT2D eigenvalue weighted by Crippen LogP contribution is 2.24. The highest BCUT2D eigenvalue weighted by molar-refractivity contribution is 7.80. The van der Waals surface area contributed by atoms with Crippen molar-refractivity contribution in [1.29, 1.82) is 0 Å². The SMILES string of the molecule is O=C1/C(=C\c2ccc(COc3ccc(F)c(Cl)c3)o2)NC(=S)N1c1ccccc1. The number of hydrogen-bond acceptors (Lipinski definition) is 4. The lowest BCUT2D eigenvalue weighted by molar-refractivity contribution is -0.113. The van der Waals surface area contributed by atoms with Gasteiger partial charge in [-0.05, 0) is 48.6 Å². The first-order chi connectivity index (χ1) is 14.0. The molecule has 2 heterocycles. The minimum absolute atomic E-state index is 0.0165. The summed E-state index contributed by atoms with van der Waals surface area (Å²) >= 11 is 11.0. The van der Waals surface area contributed by atoms with Crippen molar-refractivity contribution in [3.05, 3.63) is 88.7 Å². The molecule has 0 spiro atoms. The number of benzene rings is 2. The zero-order valence-electron chi connectivity index (χ0n) is 14.9. The number of thiocarbonyl (C=S) groups is 1. The fourth-order valence-corrected chi connectivity index (χ4v) is 3.23. The second kappa shape index (κ2) is 8.06. The zero-order valence-corrected chi connectivity index (χ0v) is 16.5. The Hall–Kier alpha value is -3.16. The van der Waals surface area contributed by atoms with Crippen LogP contribution in [0.5, 0.6) is 5.75 Å². The second-order valence-electron chi connectivity index (χ2n) is 6.13. The van der Waals surface area contributed by atoms with Gasteiger partial charge < -0.3 is 14.5 Å². The molecule has 1 N–H and O–H groups in total. The number of nitrogens with one attached hydrogen (secondary N) is 1. The lowest BCUT2D eigenvalue weighted by Crippen LogP contribution is -2.30. The summed E-state index contributed by atoms with van der Waals surface area (Å²) in [4.78, 5) is 14.1. The number of ether oxygens (including phenoxy) is 1. The number of halogens is 2. The van der Waals surface area contributed by atoms with Gasteiger partial charge in [-0.25, -0.2) is 4.39 Å². The smallest absolute Gasteiger partial charge is 0.281 e. The standard InChI is InChI=1S/C21H14ClFN2O3S/c22-17-10-14(8-9-18(17)23)27-12-16-7-6-15(28-16)11-19-20(26)25(21(29)24-19)13-4-2-1-3-5-13/h1-11H,12H2,(H,24,29)/b19-11+. The molecule has 1 saturated heterocycles. The zero-order chi connectivity index (χ0) is 20.4. The van der Waals surface area contributed by atoms with Crippen LogP contribution in [0.4, 0.5) is 10.1 Å². The number of carbonyl (C=O) groups is 1. The maximum atomic E-state index is 13.2. The molecule has 1 amide bonds. The van der Waals surface area contributed by atoms with Gasteiger partial charge >= 0.3 is 0 Å². The summed E-state index contributed by atoms with van der Waals surface area (Å²) < 4.78 is 24.4. The van der Waals surface area contributed by atoms with E-state index < -0.39 is 5.82 Å². The lowest BCUT2D eigenvalue weighted by atomic mass is 10.3. The van der Waals surface area contributed by atoms with Gasteiger partial charge in [0.15, 0.2) is 5.11 Å². The maximum Gasteiger partial charge on any atom is 0.281 e. The van der Waals surface area contributed by atoms with Gasteiger partial charge in [-0.3, -0.25) is 9.69 Å². The van der Waals surface area contributed by atoms with Crippen LogP contribution < -0.4 is 15.0 Å². The van der Waals surface area contributed by atoms with E-state index in [1.165, 1.54) is 23.1 Å². The molecule has 5 nitrogen and oxygen atoms in total. The first-order valence-electron chi connectivity index (χ1n) is 8.60. The van der Waals surface area contributed by atoms with Crippen molar-refractivity contribution in [2.75, 3.05) is 4.90 Å². The molecule has 1 aromatic heterocycles. The quantitative estimate of drug-likeness (QED) is 0.462. The maximum absolute atomic E-state index is 13.2. The fraction of sp³-hybridized carbons (Fsp3) is 0.0476. The van der Waals surface area contributed by atoms with E-state index in [9.17, 15) is 9.18 Å². The molecule has 1 aliphatic heterocycles. The third kappa shape index (κ3) is 4.16. The highest BCUT2D eigenvalue weighted by atomic mass is 35.5. The molecule has 2 aromatic carbocycles. The lowest BCUT2D eigenvalue weighted by Gasteiger charge is -2.13. The molecule has 4 rings (SSSR count). The topological polar surface area (TPSA) is 54.7 Å². The number of amides is 1. The van der Waals surface area contributed by atoms with Crippen molar-refractivity contribution in [1.82, 2.24) is 5.32 Å². The van der Waals surface area contributed by atoms with Crippen molar-refractivity contribution < 1.29 is 18.3 Å². The van der Waals surface area contributed by atoms with Crippen LogP contribution >= 0.6 is 23.8 Å². The average molecular weight is 429 g/mol. The fourth-order valence-electron chi connectivity index (χ4n) is 2.76. The molecule has 0 unspecified atom stereocenters. The molecule has 8 heteroatoms. The van der Waals surface area contributed by atoms with Gasteiger partial charge in [-0.1, -0.05) is 29.8 Å². The van der Waals surface area contributed by atoms with Gasteiger partial charge in [0.05, 0.1) is 10.7 Å². The van der Waals surface area contributed by atoms with E-state index in [2.05, 4.69) is 5.32 Å². The highest BCUT2D eigenvalue weighted by Gasteiger charge is 2.32. The minimum Gasteiger partial charge on any atom is -0.486 e. The average Bonchev–Trinajstić information content (AvgIpc) is 3.27. The van der Waals surface area contributed by atoms with Gasteiger partial charge in [-0.2, -0.15) is 0 Å². The number of rotatable bonds is 5. The molecule has 146 valence electrons. The summed E-state index contributed by atoms with van der Waals surface area (Å²) in [5.74, 6) is 0.641. The Morgan fingerprint density at radius 3 is 2.72 bits per heavy atom. The van der Waals surface area contributed by atoms with Crippen LogP contribution in [0.3, 0.4) is 0 Å².